The molecule has 0 aromatic heterocycles. The zero-order chi connectivity index (χ0) is 11.5. The molecule has 0 heterocycles. The first kappa shape index (κ1) is 14.4. The van der Waals surface area contributed by atoms with E-state index in [1.54, 1.807) is 0 Å². The number of halogens is 1. The van der Waals surface area contributed by atoms with Crippen LogP contribution < -0.4 is 5.32 Å². The van der Waals surface area contributed by atoms with Crippen molar-refractivity contribution < 1.29 is 9.59 Å². The molecule has 0 aromatic carbocycles. The van der Waals surface area contributed by atoms with Gasteiger partial charge >= 0.3 is 0 Å². The third kappa shape index (κ3) is 9.73. The zero-order valence-corrected chi connectivity index (χ0v) is 10.1. The van der Waals surface area contributed by atoms with Gasteiger partial charge in [0, 0.05) is 6.42 Å². The summed E-state index contributed by atoms with van der Waals surface area (Å²) in [5, 5.41) is 2.55. The van der Waals surface area contributed by atoms with E-state index in [1.807, 2.05) is 0 Å². The van der Waals surface area contributed by atoms with E-state index in [4.69, 9.17) is 11.6 Å². The topological polar surface area (TPSA) is 46.2 Å². The summed E-state index contributed by atoms with van der Waals surface area (Å²) < 4.78 is 0. The Morgan fingerprint density at radius 3 is 2.40 bits per heavy atom. The molecule has 0 aliphatic heterocycles. The molecule has 0 rings (SSSR count). The van der Waals surface area contributed by atoms with Crippen molar-refractivity contribution in [3.63, 3.8) is 0 Å². The van der Waals surface area contributed by atoms with Crippen LogP contribution in [0.15, 0.2) is 0 Å². The first-order valence-corrected chi connectivity index (χ1v) is 6.08. The number of Topliss-reactive ketones (excluding diaryl/α,β-unsaturated/α-hetero) is 1. The lowest BCUT2D eigenvalue weighted by Crippen LogP contribution is -2.29. The normalized spacial score (nSPS) is 10.0. The minimum Gasteiger partial charge on any atom is -0.349 e. The summed E-state index contributed by atoms with van der Waals surface area (Å²) in [6, 6.07) is 0. The molecule has 0 aromatic rings. The number of hydrogen-bond acceptors (Lipinski definition) is 2. The Hall–Kier alpha value is -0.570. The maximum Gasteiger partial charge on any atom is 0.220 e. The molecule has 0 aliphatic rings. The lowest BCUT2D eigenvalue weighted by molar-refractivity contribution is -0.124. The largest absolute Gasteiger partial charge is 0.349 e. The highest BCUT2D eigenvalue weighted by molar-refractivity contribution is 6.28. The summed E-state index contributed by atoms with van der Waals surface area (Å²) in [6.07, 6.45) is 6.12. The lowest BCUT2D eigenvalue weighted by Gasteiger charge is -2.03. The maximum absolute atomic E-state index is 11.2. The van der Waals surface area contributed by atoms with Crippen LogP contribution in [-0.4, -0.2) is 24.1 Å². The minimum atomic E-state index is -0.143. The second-order valence-electron chi connectivity index (χ2n) is 3.61. The molecule has 3 nitrogen and oxygen atoms in total. The van der Waals surface area contributed by atoms with Crippen molar-refractivity contribution in [1.82, 2.24) is 5.32 Å². The molecule has 0 aliphatic carbocycles. The Morgan fingerprint density at radius 1 is 1.13 bits per heavy atom. The van der Waals surface area contributed by atoms with Crippen LogP contribution in [0.25, 0.3) is 0 Å². The van der Waals surface area contributed by atoms with Gasteiger partial charge in [-0.25, -0.2) is 0 Å². The summed E-state index contributed by atoms with van der Waals surface area (Å²) in [5.41, 5.74) is 0. The molecule has 15 heavy (non-hydrogen) atoms. The Bertz CT molecular complexity index is 195. The number of carbonyl (C=O) groups excluding carboxylic acids is 2. The number of alkyl halides is 1. The van der Waals surface area contributed by atoms with Gasteiger partial charge in [0.15, 0.2) is 5.78 Å². The Balaban J connectivity index is 3.30. The van der Waals surface area contributed by atoms with Crippen molar-refractivity contribution >= 4 is 23.3 Å². The van der Waals surface area contributed by atoms with E-state index in [0.29, 0.717) is 6.42 Å². The standard InChI is InChI=1S/C11H20ClNO2/c1-2-3-4-5-6-7-11(15)13-9-10(14)8-12/h2-9H2,1H3,(H,13,15). The van der Waals surface area contributed by atoms with Gasteiger partial charge in [-0.1, -0.05) is 32.6 Å². The number of ketones is 1. The van der Waals surface area contributed by atoms with Gasteiger partial charge in [0.05, 0.1) is 12.4 Å². The van der Waals surface area contributed by atoms with E-state index >= 15 is 0 Å². The van der Waals surface area contributed by atoms with E-state index in [1.165, 1.54) is 19.3 Å². The number of amides is 1. The van der Waals surface area contributed by atoms with Crippen LogP contribution in [-0.2, 0) is 9.59 Å². The van der Waals surface area contributed by atoms with E-state index < -0.39 is 0 Å². The third-order valence-electron chi connectivity index (χ3n) is 2.14. The minimum absolute atomic E-state index is 0.0310. The van der Waals surface area contributed by atoms with Gasteiger partial charge in [-0.2, -0.15) is 0 Å². The third-order valence-corrected chi connectivity index (χ3v) is 2.44. The van der Waals surface area contributed by atoms with Crippen molar-refractivity contribution in [2.75, 3.05) is 12.4 Å². The van der Waals surface area contributed by atoms with E-state index in [0.717, 1.165) is 12.8 Å². The smallest absolute Gasteiger partial charge is 0.220 e. The highest BCUT2D eigenvalue weighted by Gasteiger charge is 2.03. The molecule has 1 amide bonds. The van der Waals surface area contributed by atoms with Crippen LogP contribution in [0.1, 0.15) is 45.4 Å². The van der Waals surface area contributed by atoms with Crippen molar-refractivity contribution in [1.29, 1.82) is 0 Å². The lowest BCUT2D eigenvalue weighted by atomic mass is 10.1. The van der Waals surface area contributed by atoms with E-state index in [9.17, 15) is 9.59 Å². The molecule has 4 heteroatoms. The van der Waals surface area contributed by atoms with Gasteiger partial charge in [-0.05, 0) is 6.42 Å². The fraction of sp³-hybridized carbons (Fsp3) is 0.818. The van der Waals surface area contributed by atoms with Crippen molar-refractivity contribution in [3.05, 3.63) is 0 Å². The average Bonchev–Trinajstić information content (AvgIpc) is 2.25. The number of unbranched alkanes of at least 4 members (excludes halogenated alkanes) is 4. The molecular weight excluding hydrogens is 214 g/mol. The molecule has 0 atom stereocenters. The zero-order valence-electron chi connectivity index (χ0n) is 9.35. The van der Waals surface area contributed by atoms with Crippen molar-refractivity contribution in [2.24, 2.45) is 0 Å². The maximum atomic E-state index is 11.2. The van der Waals surface area contributed by atoms with Gasteiger partial charge < -0.3 is 5.32 Å². The fourth-order valence-corrected chi connectivity index (χ4v) is 1.32. The molecule has 0 saturated carbocycles. The Morgan fingerprint density at radius 2 is 1.80 bits per heavy atom. The summed E-state index contributed by atoms with van der Waals surface area (Å²) in [7, 11) is 0. The highest BCUT2D eigenvalue weighted by Crippen LogP contribution is 2.04. The number of nitrogens with one attached hydrogen (secondary N) is 1. The quantitative estimate of drug-likeness (QED) is 0.491. The van der Waals surface area contributed by atoms with Crippen molar-refractivity contribution in [2.45, 2.75) is 45.4 Å². The first-order chi connectivity index (χ1) is 7.20. The predicted octanol–water partition coefficient (Wildman–Crippen LogP) is 2.27. The number of hydrogen-bond donors (Lipinski definition) is 1. The molecule has 88 valence electrons. The molecule has 0 saturated heterocycles. The van der Waals surface area contributed by atoms with Gasteiger partial charge in [0.2, 0.25) is 5.91 Å². The van der Waals surface area contributed by atoms with Crippen LogP contribution in [0.5, 0.6) is 0 Å². The highest BCUT2D eigenvalue weighted by atomic mass is 35.5. The monoisotopic (exact) mass is 233 g/mol. The van der Waals surface area contributed by atoms with Gasteiger partial charge in [-0.3, -0.25) is 9.59 Å². The van der Waals surface area contributed by atoms with Crippen LogP contribution in [0.4, 0.5) is 0 Å². The van der Waals surface area contributed by atoms with Gasteiger partial charge in [-0.15, -0.1) is 11.6 Å². The summed E-state index contributed by atoms with van der Waals surface area (Å²) in [5.74, 6) is -0.225. The second-order valence-corrected chi connectivity index (χ2v) is 3.88. The summed E-state index contributed by atoms with van der Waals surface area (Å²) >= 11 is 5.30. The Labute approximate surface area is 96.6 Å². The van der Waals surface area contributed by atoms with Crippen molar-refractivity contribution in [3.8, 4) is 0 Å². The van der Waals surface area contributed by atoms with Crippen LogP contribution in [0.2, 0.25) is 0 Å². The molecular formula is C11H20ClNO2. The fourth-order valence-electron chi connectivity index (χ4n) is 1.22. The molecule has 1 N–H and O–H groups in total. The molecule has 0 spiro atoms. The van der Waals surface area contributed by atoms with E-state index in [-0.39, 0.29) is 24.1 Å². The number of carbonyl (C=O) groups is 2. The van der Waals surface area contributed by atoms with Crippen LogP contribution in [0, 0.1) is 0 Å². The summed E-state index contributed by atoms with van der Waals surface area (Å²) in [4.78, 5) is 22.0. The van der Waals surface area contributed by atoms with Crippen LogP contribution >= 0.6 is 11.6 Å². The predicted molar refractivity (Wildman–Crippen MR) is 62.1 cm³/mol. The first-order valence-electron chi connectivity index (χ1n) is 5.55. The average molecular weight is 234 g/mol. The van der Waals surface area contributed by atoms with Gasteiger partial charge in [0.1, 0.15) is 0 Å². The summed E-state index contributed by atoms with van der Waals surface area (Å²) in [6.45, 7) is 2.22. The van der Waals surface area contributed by atoms with Crippen LogP contribution in [0.3, 0.4) is 0 Å². The number of rotatable bonds is 9. The molecule has 0 bridgehead atoms. The molecule has 0 radical (unpaired) electrons. The van der Waals surface area contributed by atoms with Gasteiger partial charge in [0.25, 0.3) is 0 Å². The Kier molecular flexibility index (Phi) is 9.59. The second kappa shape index (κ2) is 9.97. The SMILES string of the molecule is CCCCCCCC(=O)NCC(=O)CCl. The molecule has 0 unspecified atom stereocenters. The molecule has 0 fully saturated rings. The van der Waals surface area contributed by atoms with E-state index in [2.05, 4.69) is 12.2 Å².